The molecular formula is C45H71N7O11. The quantitative estimate of drug-likeness (QED) is 0.0540. The fourth-order valence-electron chi connectivity index (χ4n) is 6.34. The first kappa shape index (κ1) is 52.7. The number of ether oxygens (including phenoxy) is 7. The smallest absolute Gasteiger partial charge is 0.240 e. The van der Waals surface area contributed by atoms with E-state index in [1.165, 1.54) is 0 Å². The molecule has 0 spiro atoms. The van der Waals surface area contributed by atoms with Crippen LogP contribution >= 0.6 is 0 Å². The number of hydrogen-bond donors (Lipinski definition) is 6. The van der Waals surface area contributed by atoms with Crippen molar-refractivity contribution in [3.8, 4) is 0 Å². The van der Waals surface area contributed by atoms with Gasteiger partial charge in [0.15, 0.2) is 0 Å². The molecule has 0 aliphatic carbocycles. The first-order valence-electron chi connectivity index (χ1n) is 22.0. The molecule has 1 atom stereocenters. The Morgan fingerprint density at radius 2 is 1.16 bits per heavy atom. The molecule has 8 N–H and O–H groups in total. The maximum atomic E-state index is 13.8. The Kier molecular flexibility index (Phi) is 26.8. The van der Waals surface area contributed by atoms with Crippen LogP contribution in [-0.4, -0.2) is 148 Å². The molecule has 0 unspecified atom stereocenters. The number of anilines is 1. The second kappa shape index (κ2) is 32.1. The van der Waals surface area contributed by atoms with Crippen molar-refractivity contribution in [1.82, 2.24) is 21.3 Å². The SMILES string of the molecule is CCNCCOCCOCCOCCN/C1=C(\N)c2ccccc2N(C(=O)CCC(=O)NCCOCCOCCOCCOCCC(=O)N[C@H](C(N)=O)C(C)C)Cc2ccccc21. The van der Waals surface area contributed by atoms with Crippen LogP contribution in [0.5, 0.6) is 0 Å². The van der Waals surface area contributed by atoms with Crippen molar-refractivity contribution in [3.63, 3.8) is 0 Å². The first-order valence-corrected chi connectivity index (χ1v) is 22.0. The minimum absolute atomic E-state index is 0.0128. The Balaban J connectivity index is 1.30. The van der Waals surface area contributed by atoms with Crippen molar-refractivity contribution in [3.05, 3.63) is 65.2 Å². The number of nitrogens with one attached hydrogen (secondary N) is 4. The van der Waals surface area contributed by atoms with E-state index in [2.05, 4.69) is 28.2 Å². The van der Waals surface area contributed by atoms with Crippen LogP contribution in [0, 0.1) is 5.92 Å². The molecule has 1 heterocycles. The number of amides is 4. The molecule has 0 radical (unpaired) electrons. The number of carbonyl (C=O) groups excluding carboxylic acids is 4. The normalized spacial score (nSPS) is 14.1. The molecule has 1 aliphatic rings. The largest absolute Gasteiger partial charge is 0.396 e. The van der Waals surface area contributed by atoms with Gasteiger partial charge < -0.3 is 70.8 Å². The number of primary amides is 1. The lowest BCUT2D eigenvalue weighted by Gasteiger charge is -2.30. The summed E-state index contributed by atoms with van der Waals surface area (Å²) >= 11 is 0. The summed E-state index contributed by atoms with van der Waals surface area (Å²) in [5, 5.41) is 12.1. The molecule has 63 heavy (non-hydrogen) atoms. The van der Waals surface area contributed by atoms with Gasteiger partial charge in [-0.3, -0.25) is 19.2 Å². The number of likely N-dealkylation sites (N-methyl/N-ethyl adjacent to an activating group) is 1. The summed E-state index contributed by atoms with van der Waals surface area (Å²) in [5.41, 5.74) is 16.6. The third-order valence-corrected chi connectivity index (χ3v) is 9.65. The van der Waals surface area contributed by atoms with Gasteiger partial charge in [-0.1, -0.05) is 63.2 Å². The van der Waals surface area contributed by atoms with Gasteiger partial charge in [-0.2, -0.15) is 0 Å². The van der Waals surface area contributed by atoms with Crippen LogP contribution in [0.4, 0.5) is 5.69 Å². The summed E-state index contributed by atoms with van der Waals surface area (Å²) in [5.74, 6) is -1.40. The third kappa shape index (κ3) is 21.0. The highest BCUT2D eigenvalue weighted by Crippen LogP contribution is 2.35. The molecule has 0 fully saturated rings. The van der Waals surface area contributed by atoms with Crippen LogP contribution < -0.4 is 37.6 Å². The van der Waals surface area contributed by atoms with Gasteiger partial charge >= 0.3 is 0 Å². The molecule has 3 rings (SSSR count). The van der Waals surface area contributed by atoms with E-state index in [9.17, 15) is 19.2 Å². The lowest BCUT2D eigenvalue weighted by molar-refractivity contribution is -0.129. The van der Waals surface area contributed by atoms with Crippen molar-refractivity contribution in [1.29, 1.82) is 0 Å². The molecule has 2 aromatic carbocycles. The highest BCUT2D eigenvalue weighted by atomic mass is 16.6. The van der Waals surface area contributed by atoms with Gasteiger partial charge in [-0.15, -0.1) is 0 Å². The van der Waals surface area contributed by atoms with E-state index in [-0.39, 0.29) is 49.5 Å². The molecular weight excluding hydrogens is 815 g/mol. The number of fused-ring (bicyclic) bond motifs is 2. The first-order chi connectivity index (χ1) is 30.6. The number of nitrogens with two attached hydrogens (primary N) is 2. The number of carbonyl (C=O) groups is 4. The average Bonchev–Trinajstić information content (AvgIpc) is 3.27. The lowest BCUT2D eigenvalue weighted by atomic mass is 9.95. The van der Waals surface area contributed by atoms with Crippen molar-refractivity contribution in [2.75, 3.05) is 124 Å². The number of para-hydroxylation sites is 1. The minimum Gasteiger partial charge on any atom is -0.396 e. The molecule has 18 nitrogen and oxygen atoms in total. The standard InChI is InChI=1S/C45H71N7O11/c1-4-48-16-20-58-24-28-62-30-26-60-22-18-50-44-36-10-6-5-9-35(36)33-52(38-12-8-7-11-37(38)42(44)46)41(55)14-13-39(53)49-17-21-59-25-29-63-32-31-61-27-23-57-19-15-40(54)51-43(34(2)3)45(47)56/h5-12,34,43,48,50H,4,13-33,46H2,1-3H3,(H2,47,56)(H,49,53)(H,51,54)/b44-42-/t43-/m0/s1. The fraction of sp³-hybridized carbons (Fsp3) is 0.600. The monoisotopic (exact) mass is 886 g/mol. The van der Waals surface area contributed by atoms with Crippen LogP contribution in [0.25, 0.3) is 11.4 Å². The van der Waals surface area contributed by atoms with E-state index < -0.39 is 11.9 Å². The molecule has 4 amide bonds. The number of hydrogen-bond acceptors (Lipinski definition) is 14. The summed E-state index contributed by atoms with van der Waals surface area (Å²) in [4.78, 5) is 51.6. The topological polar surface area (TPSA) is 236 Å². The van der Waals surface area contributed by atoms with Crippen LogP contribution in [0.3, 0.4) is 0 Å². The summed E-state index contributed by atoms with van der Waals surface area (Å²) in [6, 6.07) is 14.7. The highest BCUT2D eigenvalue weighted by molar-refractivity contribution is 6.02. The minimum atomic E-state index is -0.704. The van der Waals surface area contributed by atoms with E-state index in [0.717, 1.165) is 29.9 Å². The van der Waals surface area contributed by atoms with Crippen molar-refractivity contribution in [2.24, 2.45) is 17.4 Å². The second-order valence-electron chi connectivity index (χ2n) is 14.8. The molecule has 18 heteroatoms. The van der Waals surface area contributed by atoms with E-state index in [0.29, 0.717) is 122 Å². The maximum absolute atomic E-state index is 13.8. The second-order valence-corrected chi connectivity index (χ2v) is 14.8. The van der Waals surface area contributed by atoms with E-state index in [1.807, 2.05) is 62.4 Å². The van der Waals surface area contributed by atoms with Gasteiger partial charge in [-0.05, 0) is 24.1 Å². The zero-order valence-electron chi connectivity index (χ0n) is 37.4. The Labute approximate surface area is 372 Å². The Hall–Kier alpha value is -4.66. The van der Waals surface area contributed by atoms with Gasteiger partial charge in [0.2, 0.25) is 23.6 Å². The van der Waals surface area contributed by atoms with Crippen LogP contribution in [-0.2, 0) is 58.9 Å². The number of benzene rings is 2. The van der Waals surface area contributed by atoms with Crippen molar-refractivity contribution >= 4 is 40.7 Å². The Bertz CT molecular complexity index is 1680. The van der Waals surface area contributed by atoms with Crippen LogP contribution in [0.15, 0.2) is 48.5 Å². The summed E-state index contributed by atoms with van der Waals surface area (Å²) in [7, 11) is 0. The van der Waals surface area contributed by atoms with Gasteiger partial charge in [0, 0.05) is 50.0 Å². The maximum Gasteiger partial charge on any atom is 0.240 e. The summed E-state index contributed by atoms with van der Waals surface area (Å²) in [6.45, 7) is 14.2. The van der Waals surface area contributed by atoms with E-state index >= 15 is 0 Å². The Morgan fingerprint density at radius 1 is 0.635 bits per heavy atom. The predicted octanol–water partition coefficient (Wildman–Crippen LogP) is 1.55. The molecule has 0 aromatic heterocycles. The molecule has 2 aromatic rings. The predicted molar refractivity (Wildman–Crippen MR) is 240 cm³/mol. The van der Waals surface area contributed by atoms with Gasteiger partial charge in [0.1, 0.15) is 6.04 Å². The van der Waals surface area contributed by atoms with Crippen LogP contribution in [0.1, 0.15) is 56.7 Å². The molecule has 1 aliphatic heterocycles. The summed E-state index contributed by atoms with van der Waals surface area (Å²) < 4.78 is 38.8. The Morgan fingerprint density at radius 3 is 1.75 bits per heavy atom. The molecule has 352 valence electrons. The van der Waals surface area contributed by atoms with Crippen molar-refractivity contribution < 1.29 is 52.3 Å². The van der Waals surface area contributed by atoms with Crippen LogP contribution in [0.2, 0.25) is 0 Å². The fourth-order valence-corrected chi connectivity index (χ4v) is 6.34. The number of nitrogens with zero attached hydrogens (tertiary/aromatic N) is 1. The van der Waals surface area contributed by atoms with E-state index in [1.54, 1.807) is 4.90 Å². The zero-order valence-corrected chi connectivity index (χ0v) is 37.4. The van der Waals surface area contributed by atoms with E-state index in [4.69, 9.17) is 44.6 Å². The molecule has 0 saturated heterocycles. The zero-order chi connectivity index (χ0) is 45.5. The average molecular weight is 886 g/mol. The van der Waals surface area contributed by atoms with Crippen molar-refractivity contribution in [2.45, 2.75) is 52.6 Å². The van der Waals surface area contributed by atoms with Gasteiger partial charge in [0.25, 0.3) is 0 Å². The lowest BCUT2D eigenvalue weighted by Crippen LogP contribution is -2.47. The third-order valence-electron chi connectivity index (χ3n) is 9.65. The summed E-state index contributed by atoms with van der Waals surface area (Å²) in [6.07, 6.45) is 0.151. The highest BCUT2D eigenvalue weighted by Gasteiger charge is 2.26. The molecule has 0 saturated carbocycles. The van der Waals surface area contributed by atoms with Gasteiger partial charge in [-0.25, -0.2) is 0 Å². The van der Waals surface area contributed by atoms with Gasteiger partial charge in [0.05, 0.1) is 116 Å². The molecule has 0 bridgehead atoms. The number of rotatable bonds is 35.